The summed E-state index contributed by atoms with van der Waals surface area (Å²) < 4.78 is 5.41. The van der Waals surface area contributed by atoms with Gasteiger partial charge >= 0.3 is 0 Å². The number of guanidine groups is 8. The number of hydrogen-bond acceptors (Lipinski definition) is 24. The monoisotopic (exact) mass is 1760 g/mol. The van der Waals surface area contributed by atoms with Gasteiger partial charge in [0.1, 0.15) is 67.0 Å². The zero-order valence-electron chi connectivity index (χ0n) is 69.1. The Bertz CT molecular complexity index is 3750. The number of amides is 13. The third-order valence-electron chi connectivity index (χ3n) is 17.5. The van der Waals surface area contributed by atoms with Crippen molar-refractivity contribution in [3.05, 3.63) is 35.4 Å². The molecule has 1 unspecified atom stereocenters. The number of thiol groups is 1. The molecule has 0 aliphatic rings. The zero-order valence-corrected chi connectivity index (χ0v) is 70.0. The van der Waals surface area contributed by atoms with E-state index >= 15 is 19.2 Å². The maximum absolute atomic E-state index is 15.1. The van der Waals surface area contributed by atoms with Crippen molar-refractivity contribution in [3.8, 4) is 0 Å². The van der Waals surface area contributed by atoms with Gasteiger partial charge in [-0.1, -0.05) is 24.3 Å². The van der Waals surface area contributed by atoms with E-state index in [1.807, 2.05) is 0 Å². The van der Waals surface area contributed by atoms with Gasteiger partial charge in [0, 0.05) is 83.6 Å². The van der Waals surface area contributed by atoms with Gasteiger partial charge in [-0.05, 0) is 115 Å². The van der Waals surface area contributed by atoms with Crippen molar-refractivity contribution in [2.24, 2.45) is 51.6 Å². The fraction of sp³-hybridized carbons (Fsp3) is 0.600. The average molecular weight is 1760 g/mol. The van der Waals surface area contributed by atoms with Crippen molar-refractivity contribution < 1.29 is 71.9 Å². The minimum Gasteiger partial charge on any atom is -0.370 e. The van der Waals surface area contributed by atoms with Gasteiger partial charge in [0.25, 0.3) is 0 Å². The van der Waals surface area contributed by atoms with Crippen LogP contribution in [0.25, 0.3) is 0 Å². The Morgan fingerprint density at radius 2 is 0.553 bits per heavy atom. The summed E-state index contributed by atoms with van der Waals surface area (Å²) in [4.78, 5) is 194. The van der Waals surface area contributed by atoms with E-state index in [0.29, 0.717) is 11.1 Å². The Hall–Kier alpha value is -13.5. The largest absolute Gasteiger partial charge is 0.370 e. The summed E-state index contributed by atoms with van der Waals surface area (Å²) in [5.41, 5.74) is 50.6. The average Bonchev–Trinajstić information content (AvgIpc) is 0.855. The van der Waals surface area contributed by atoms with Crippen molar-refractivity contribution in [1.29, 1.82) is 43.3 Å². The van der Waals surface area contributed by atoms with Crippen LogP contribution in [-0.2, 0) is 73.5 Å². The lowest BCUT2D eigenvalue weighted by Gasteiger charge is -2.29. The van der Waals surface area contributed by atoms with Crippen LogP contribution in [0.1, 0.15) is 133 Å². The van der Waals surface area contributed by atoms with Crippen molar-refractivity contribution >= 4 is 143 Å². The Labute approximate surface area is 716 Å². The van der Waals surface area contributed by atoms with Crippen LogP contribution in [0.4, 0.5) is 0 Å². The van der Waals surface area contributed by atoms with Crippen LogP contribution in [0.3, 0.4) is 0 Å². The van der Waals surface area contributed by atoms with Crippen LogP contribution in [0.5, 0.6) is 0 Å². The smallest absolute Gasteiger partial charge is 0.246 e. The molecule has 0 aromatic heterocycles. The number of carbonyl (C=O) groups is 14. The minimum atomic E-state index is -1.66. The number of rotatable bonds is 63. The first-order valence-electron chi connectivity index (χ1n) is 39.4. The van der Waals surface area contributed by atoms with Crippen LogP contribution < -0.4 is 158 Å². The summed E-state index contributed by atoms with van der Waals surface area (Å²) in [7, 11) is 0. The Kier molecular flexibility index (Phi) is 53.2. The highest BCUT2D eigenvalue weighted by atomic mass is 32.1. The number of ketones is 1. The van der Waals surface area contributed by atoms with Crippen LogP contribution in [-0.4, -0.2) is 275 Å². The van der Waals surface area contributed by atoms with Gasteiger partial charge in [-0.25, -0.2) is 0 Å². The van der Waals surface area contributed by atoms with Crippen LogP contribution in [0, 0.1) is 43.3 Å². The molecule has 0 radical (unpaired) electrons. The SMILES string of the molecule is CC(=O)NCCOCC(=O)NC(Cc1ccc(C(C)=O)cc1)C(=O)N[C@H](CCCNC(=N)N)C(=O)N[C@H](CCCNC(=N)N)C(=O)N[C@H](CCCNC(=N)N)C(=O)N[C@H](CCCNC(=N)N)C(=O)N[C@H](CCCNC(=N)N)C(=O)N[C@H](CCCNC(=N)N)C(=O)N[C@H](CCCNC(=N)N)C(=O)N[C@H](CCCNC(=N)N)C(=O)NCC(=O)N[C@H](CS)C(N)=O. The van der Waals surface area contributed by atoms with Gasteiger partial charge in [0.2, 0.25) is 76.8 Å². The molecule has 1 rings (SSSR count). The molecule has 0 saturated heterocycles. The van der Waals surface area contributed by atoms with Crippen LogP contribution in [0.2, 0.25) is 0 Å². The number of nitrogens with two attached hydrogens (primary N) is 9. The van der Waals surface area contributed by atoms with Gasteiger partial charge in [0.05, 0.1) is 13.2 Å². The second-order valence-electron chi connectivity index (χ2n) is 27.9. The number of ether oxygens (including phenoxy) is 1. The number of Topliss-reactive ketones (excluding diaryl/α,β-unsaturated/α-hetero) is 1. The number of primary amides is 1. The van der Waals surface area contributed by atoms with Crippen molar-refractivity contribution in [2.75, 3.05) is 84.4 Å². The molecule has 10 atom stereocenters. The maximum Gasteiger partial charge on any atom is 0.246 e. The molecule has 0 aliphatic carbocycles. The van der Waals surface area contributed by atoms with E-state index in [-0.39, 0.29) is 192 Å². The molecular weight excluding hydrogens is 1630 g/mol. The highest BCUT2D eigenvalue weighted by Gasteiger charge is 2.36. The second kappa shape index (κ2) is 60.9. The molecule has 0 bridgehead atoms. The molecular formula is C70H127N37O15S. The summed E-state index contributed by atoms with van der Waals surface area (Å²) in [6.07, 6.45) is -2.21. The van der Waals surface area contributed by atoms with E-state index < -0.39 is 192 Å². The quantitative estimate of drug-likeness (QED) is 0.00947. The van der Waals surface area contributed by atoms with Crippen LogP contribution >= 0.6 is 12.6 Å². The Balaban J connectivity index is 4.15. The molecule has 0 heterocycles. The van der Waals surface area contributed by atoms with Gasteiger partial charge in [-0.15, -0.1) is 0 Å². The summed E-state index contributed by atoms with van der Waals surface area (Å²) in [5.74, 6) is -16.0. The fourth-order valence-electron chi connectivity index (χ4n) is 11.3. The van der Waals surface area contributed by atoms with E-state index in [4.69, 9.17) is 99.6 Å². The number of nitrogens with one attached hydrogen (secondary N) is 28. The van der Waals surface area contributed by atoms with Gasteiger partial charge in [-0.3, -0.25) is 110 Å². The molecule has 0 saturated carbocycles. The minimum absolute atomic E-state index is 0.00440. The first kappa shape index (κ1) is 107. The van der Waals surface area contributed by atoms with Gasteiger partial charge < -0.3 is 163 Å². The molecule has 46 N–H and O–H groups in total. The van der Waals surface area contributed by atoms with Crippen molar-refractivity contribution in [3.63, 3.8) is 0 Å². The lowest BCUT2D eigenvalue weighted by molar-refractivity contribution is -0.136. The molecule has 1 aromatic carbocycles. The lowest BCUT2D eigenvalue weighted by atomic mass is 10.0. The summed E-state index contributed by atoms with van der Waals surface area (Å²) >= 11 is 4.00. The van der Waals surface area contributed by atoms with E-state index in [9.17, 15) is 47.9 Å². The molecule has 0 spiro atoms. The highest BCUT2D eigenvalue weighted by molar-refractivity contribution is 7.80. The first-order valence-corrected chi connectivity index (χ1v) is 40.0. The zero-order chi connectivity index (χ0) is 92.5. The molecule has 688 valence electrons. The first-order chi connectivity index (χ1) is 58.1. The van der Waals surface area contributed by atoms with E-state index in [2.05, 4.69) is 119 Å². The molecule has 0 aliphatic heterocycles. The Morgan fingerprint density at radius 3 is 0.780 bits per heavy atom. The fourth-order valence-corrected chi connectivity index (χ4v) is 11.6. The van der Waals surface area contributed by atoms with Crippen LogP contribution in [0.15, 0.2) is 24.3 Å². The van der Waals surface area contributed by atoms with Crippen molar-refractivity contribution in [1.82, 2.24) is 106 Å². The third-order valence-corrected chi connectivity index (χ3v) is 17.9. The van der Waals surface area contributed by atoms with Crippen molar-refractivity contribution in [2.45, 2.75) is 183 Å². The summed E-state index contributed by atoms with van der Waals surface area (Å²) in [6.45, 7) is 0.984. The van der Waals surface area contributed by atoms with E-state index in [0.717, 1.165) is 0 Å². The highest BCUT2D eigenvalue weighted by Crippen LogP contribution is 2.14. The number of benzene rings is 1. The van der Waals surface area contributed by atoms with E-state index in [1.54, 1.807) is 12.1 Å². The van der Waals surface area contributed by atoms with Gasteiger partial charge in [-0.2, -0.15) is 12.6 Å². The normalized spacial score (nSPS) is 13.1. The summed E-state index contributed by atoms with van der Waals surface area (Å²) in [5, 5.41) is 113. The molecule has 53 heteroatoms. The third kappa shape index (κ3) is 50.9. The topological polar surface area (TPSA) is 914 Å². The summed E-state index contributed by atoms with van der Waals surface area (Å²) in [6, 6.07) is -9.29. The Morgan fingerprint density at radius 1 is 0.309 bits per heavy atom. The van der Waals surface area contributed by atoms with Gasteiger partial charge in [0.15, 0.2) is 53.5 Å². The molecule has 13 amide bonds. The number of hydrogen-bond donors (Lipinski definition) is 38. The molecule has 52 nitrogen and oxygen atoms in total. The predicted octanol–water partition coefficient (Wildman–Crippen LogP) is -11.9. The standard InChI is InChI=1S/C70H127N37O15S/c1-37(108)40-21-19-39(20-22-40)33-49(98-52(111)35-122-32-31-88-38(2)109)62(121)107-48(18-10-30-96-70(86)87)61(120)106-47(17-9-29-95-69(84)85)60(119)105-46(16-8-28-94-68(82)83)59(118)104-45(15-7-27-93-67(80)81)58(117)103-44(14-6-26-92-66(78)79)57(116)102-43(13-5-25-91-65(76)77)56(115)101-42(12-4-24-90-64(74)75)55(114)100-41(11-3-23-89-63(72)73)54(113)97-34-51(110)99-50(36-123)53(71)112/h19-22,41-50,123H,3-18,23-36H2,1-2H3,(H2,71,112)(H,88,109)(H,97,113)(H,98,111)(H,99,110)(H,100,114)(H,101,115)(H,102,116)(H,103,117)(H,104,118)(H,105,119)(H,106,120)(H,107,121)(H4,72,73,89)(H4,74,75,90)(H4,76,77,91)(H4,78,79,92)(H4,80,81,93)(H4,82,83,94)(H4,84,85,95)(H4,86,87,96)/t41-,42-,43-,44-,45-,46-,47-,48-,49?,50-/m1/s1. The van der Waals surface area contributed by atoms with E-state index in [1.165, 1.54) is 26.0 Å². The molecule has 123 heavy (non-hydrogen) atoms. The lowest BCUT2D eigenvalue weighted by Crippen LogP contribution is -2.60. The molecule has 1 aromatic rings. The predicted molar refractivity (Wildman–Crippen MR) is 458 cm³/mol. The maximum atomic E-state index is 15.1. The second-order valence-corrected chi connectivity index (χ2v) is 28.3. The number of carbonyl (C=O) groups excluding carboxylic acids is 14. The molecule has 0 fully saturated rings.